The van der Waals surface area contributed by atoms with Gasteiger partial charge in [0.15, 0.2) is 5.96 Å². The predicted molar refractivity (Wildman–Crippen MR) is 108 cm³/mol. The van der Waals surface area contributed by atoms with E-state index in [1.165, 1.54) is 12.1 Å². The highest BCUT2D eigenvalue weighted by Crippen LogP contribution is 2.15. The lowest BCUT2D eigenvalue weighted by atomic mass is 10.2. The average Bonchev–Trinajstić information content (AvgIpc) is 2.64. The molecule has 0 fully saturated rings. The Morgan fingerprint density at radius 3 is 2.78 bits per heavy atom. The van der Waals surface area contributed by atoms with Crippen LogP contribution in [-0.4, -0.2) is 44.2 Å². The minimum atomic E-state index is -0.310. The van der Waals surface area contributed by atoms with Crippen molar-refractivity contribution in [1.82, 2.24) is 15.6 Å². The van der Waals surface area contributed by atoms with Gasteiger partial charge in [-0.25, -0.2) is 14.4 Å². The maximum Gasteiger partial charge on any atom is 0.191 e. The van der Waals surface area contributed by atoms with E-state index in [4.69, 9.17) is 4.74 Å². The van der Waals surface area contributed by atoms with E-state index in [1.54, 1.807) is 18.3 Å². The van der Waals surface area contributed by atoms with Crippen molar-refractivity contribution in [3.63, 3.8) is 0 Å². The van der Waals surface area contributed by atoms with Crippen LogP contribution in [0.15, 0.2) is 47.6 Å². The summed E-state index contributed by atoms with van der Waals surface area (Å²) in [6.45, 7) is 5.73. The van der Waals surface area contributed by atoms with Gasteiger partial charge >= 0.3 is 0 Å². The van der Waals surface area contributed by atoms with Gasteiger partial charge in [0.2, 0.25) is 0 Å². The lowest BCUT2D eigenvalue weighted by molar-refractivity contribution is 0.223. The van der Waals surface area contributed by atoms with E-state index < -0.39 is 0 Å². The summed E-state index contributed by atoms with van der Waals surface area (Å²) in [5, 5.41) is 6.48. The van der Waals surface area contributed by atoms with Crippen LogP contribution in [0.4, 0.5) is 10.2 Å². The summed E-state index contributed by atoms with van der Waals surface area (Å²) < 4.78 is 19.0. The molecule has 0 aliphatic rings. The zero-order chi connectivity index (χ0) is 19.6. The highest BCUT2D eigenvalue weighted by molar-refractivity contribution is 5.79. The molecule has 0 saturated carbocycles. The van der Waals surface area contributed by atoms with Crippen LogP contribution in [0.2, 0.25) is 0 Å². The fraction of sp³-hybridized carbons (Fsp3) is 0.400. The Hall–Kier alpha value is -2.83. The molecule has 1 aromatic heterocycles. The molecule has 1 atom stereocenters. The van der Waals surface area contributed by atoms with Crippen molar-refractivity contribution in [3.8, 4) is 5.75 Å². The summed E-state index contributed by atoms with van der Waals surface area (Å²) in [6.07, 6.45) is 1.63. The molecular weight excluding hydrogens is 345 g/mol. The first-order valence-corrected chi connectivity index (χ1v) is 9.05. The molecule has 0 saturated heterocycles. The van der Waals surface area contributed by atoms with Crippen LogP contribution in [0.25, 0.3) is 0 Å². The molecule has 1 aromatic carbocycles. The molecule has 2 rings (SSSR count). The second-order valence-electron chi connectivity index (χ2n) is 6.34. The molecule has 146 valence electrons. The molecule has 0 bridgehead atoms. The fourth-order valence-electron chi connectivity index (χ4n) is 2.52. The molecule has 0 amide bonds. The van der Waals surface area contributed by atoms with Crippen LogP contribution < -0.4 is 20.3 Å². The number of nitrogens with zero attached hydrogens (tertiary/aromatic N) is 3. The molecule has 7 heteroatoms. The van der Waals surface area contributed by atoms with E-state index in [0.717, 1.165) is 17.9 Å². The molecule has 6 nitrogen and oxygen atoms in total. The van der Waals surface area contributed by atoms with E-state index in [9.17, 15) is 4.39 Å². The first kappa shape index (κ1) is 20.5. The summed E-state index contributed by atoms with van der Waals surface area (Å²) in [6, 6.07) is 10.1. The number of rotatable bonds is 8. The summed E-state index contributed by atoms with van der Waals surface area (Å²) in [4.78, 5) is 11.0. The van der Waals surface area contributed by atoms with Crippen LogP contribution in [0.1, 0.15) is 19.4 Å². The Balaban J connectivity index is 1.95. The maximum absolute atomic E-state index is 13.2. The molecule has 2 aromatic rings. The third-order valence-electron chi connectivity index (χ3n) is 3.73. The Bertz CT molecular complexity index is 751. The number of nitrogens with one attached hydrogen (secondary N) is 2. The number of hydrogen-bond acceptors (Lipinski definition) is 4. The Kier molecular flexibility index (Phi) is 7.85. The molecule has 0 aliphatic carbocycles. The maximum atomic E-state index is 13.2. The molecule has 1 unspecified atom stereocenters. The number of aromatic nitrogens is 1. The van der Waals surface area contributed by atoms with Crippen molar-refractivity contribution in [3.05, 3.63) is 54.0 Å². The number of guanidine groups is 1. The lowest BCUT2D eigenvalue weighted by Crippen LogP contribution is -2.41. The predicted octanol–water partition coefficient (Wildman–Crippen LogP) is 2.81. The van der Waals surface area contributed by atoms with Crippen LogP contribution in [-0.2, 0) is 6.54 Å². The van der Waals surface area contributed by atoms with Crippen LogP contribution >= 0.6 is 0 Å². The van der Waals surface area contributed by atoms with Crippen molar-refractivity contribution in [1.29, 1.82) is 0 Å². The van der Waals surface area contributed by atoms with E-state index in [1.807, 2.05) is 45.0 Å². The highest BCUT2D eigenvalue weighted by atomic mass is 19.1. The fourth-order valence-corrected chi connectivity index (χ4v) is 2.52. The van der Waals surface area contributed by atoms with Gasteiger partial charge in [-0.3, -0.25) is 0 Å². The van der Waals surface area contributed by atoms with Gasteiger partial charge in [-0.2, -0.15) is 0 Å². The van der Waals surface area contributed by atoms with Gasteiger partial charge < -0.3 is 20.3 Å². The summed E-state index contributed by atoms with van der Waals surface area (Å²) in [5.41, 5.74) is 1.05. The quantitative estimate of drug-likeness (QED) is 0.550. The standard InChI is InChI=1S/C20H28FN5O/c1-5-22-20(25-14-16-8-7-11-23-19(16)26(3)4)24-13-15(2)27-18-10-6-9-17(21)12-18/h6-12,15H,5,13-14H2,1-4H3,(H2,22,24,25). The number of ether oxygens (including phenoxy) is 1. The number of benzene rings is 1. The van der Waals surface area contributed by atoms with Gasteiger partial charge in [-0.05, 0) is 32.0 Å². The first-order chi connectivity index (χ1) is 13.0. The second-order valence-corrected chi connectivity index (χ2v) is 6.34. The molecule has 0 spiro atoms. The molecule has 1 heterocycles. The van der Waals surface area contributed by atoms with E-state index >= 15 is 0 Å². The minimum absolute atomic E-state index is 0.147. The third kappa shape index (κ3) is 6.77. The van der Waals surface area contributed by atoms with Crippen LogP contribution in [0.5, 0.6) is 5.75 Å². The van der Waals surface area contributed by atoms with Gasteiger partial charge in [0.1, 0.15) is 23.5 Å². The average molecular weight is 373 g/mol. The summed E-state index contributed by atoms with van der Waals surface area (Å²) in [5.74, 6) is 1.80. The van der Waals surface area contributed by atoms with Gasteiger partial charge in [-0.1, -0.05) is 12.1 Å². The molecule has 0 radical (unpaired) electrons. The zero-order valence-electron chi connectivity index (χ0n) is 16.4. The van der Waals surface area contributed by atoms with Gasteiger partial charge in [-0.15, -0.1) is 0 Å². The van der Waals surface area contributed by atoms with E-state index in [2.05, 4.69) is 20.6 Å². The SMILES string of the molecule is CCNC(=NCc1cccnc1N(C)C)NCC(C)Oc1cccc(F)c1. The van der Waals surface area contributed by atoms with Crippen molar-refractivity contribution in [2.75, 3.05) is 32.1 Å². The Morgan fingerprint density at radius 2 is 2.07 bits per heavy atom. The number of aliphatic imine (C=N–C) groups is 1. The molecular formula is C20H28FN5O. The molecule has 2 N–H and O–H groups in total. The lowest BCUT2D eigenvalue weighted by Gasteiger charge is -2.18. The summed E-state index contributed by atoms with van der Waals surface area (Å²) >= 11 is 0. The number of hydrogen-bond donors (Lipinski definition) is 2. The topological polar surface area (TPSA) is 61.8 Å². The van der Waals surface area contributed by atoms with Crippen LogP contribution in [0, 0.1) is 5.82 Å². The minimum Gasteiger partial charge on any atom is -0.489 e. The Morgan fingerprint density at radius 1 is 1.26 bits per heavy atom. The van der Waals surface area contributed by atoms with Crippen molar-refractivity contribution in [2.24, 2.45) is 4.99 Å². The van der Waals surface area contributed by atoms with Gasteiger partial charge in [0.05, 0.1) is 13.1 Å². The monoisotopic (exact) mass is 373 g/mol. The largest absolute Gasteiger partial charge is 0.489 e. The number of anilines is 1. The van der Waals surface area contributed by atoms with Crippen molar-refractivity contribution >= 4 is 11.8 Å². The van der Waals surface area contributed by atoms with Gasteiger partial charge in [0, 0.05) is 38.5 Å². The normalized spacial score (nSPS) is 12.4. The first-order valence-electron chi connectivity index (χ1n) is 9.05. The summed E-state index contributed by atoms with van der Waals surface area (Å²) in [7, 11) is 3.93. The van der Waals surface area contributed by atoms with Crippen molar-refractivity contribution < 1.29 is 9.13 Å². The van der Waals surface area contributed by atoms with E-state index in [-0.39, 0.29) is 11.9 Å². The third-order valence-corrected chi connectivity index (χ3v) is 3.73. The van der Waals surface area contributed by atoms with Gasteiger partial charge in [0.25, 0.3) is 0 Å². The second kappa shape index (κ2) is 10.4. The highest BCUT2D eigenvalue weighted by Gasteiger charge is 2.08. The smallest absolute Gasteiger partial charge is 0.191 e. The number of halogens is 1. The van der Waals surface area contributed by atoms with E-state index in [0.29, 0.717) is 24.8 Å². The molecule has 27 heavy (non-hydrogen) atoms. The number of pyridine rings is 1. The van der Waals surface area contributed by atoms with Crippen LogP contribution in [0.3, 0.4) is 0 Å². The zero-order valence-corrected chi connectivity index (χ0v) is 16.4. The molecule has 0 aliphatic heterocycles. The van der Waals surface area contributed by atoms with Crippen molar-refractivity contribution in [2.45, 2.75) is 26.5 Å². The Labute approximate surface area is 160 Å².